The van der Waals surface area contributed by atoms with Crippen LogP contribution < -0.4 is 0 Å². The molecule has 0 aliphatic carbocycles. The van der Waals surface area contributed by atoms with Crippen LogP contribution in [0.15, 0.2) is 30.3 Å². The lowest BCUT2D eigenvalue weighted by atomic mass is 10.1. The van der Waals surface area contributed by atoms with Crippen LogP contribution >= 0.6 is 0 Å². The van der Waals surface area contributed by atoms with Crippen molar-refractivity contribution in [3.8, 4) is 0 Å². The first-order valence-corrected chi connectivity index (χ1v) is 6.57. The first-order chi connectivity index (χ1) is 9.38. The quantitative estimate of drug-likeness (QED) is 0.907. The zero-order chi connectivity index (χ0) is 13.1. The Morgan fingerprint density at radius 2 is 2.16 bits per heavy atom. The number of rotatable bonds is 4. The summed E-state index contributed by atoms with van der Waals surface area (Å²) in [5.74, 6) is 0. The standard InChI is InChI=1S/C14H17N3O2/c18-10-12-14(13-7-4-8-19-13)17(16-15-12)9-11-5-2-1-3-6-11/h1-3,5-6,13,18H,4,7-10H2. The van der Waals surface area contributed by atoms with E-state index in [-0.39, 0.29) is 12.7 Å². The third-order valence-electron chi connectivity index (χ3n) is 3.41. The topological polar surface area (TPSA) is 60.2 Å². The molecule has 1 aliphatic heterocycles. The first kappa shape index (κ1) is 12.3. The molecule has 0 radical (unpaired) electrons. The fourth-order valence-corrected chi connectivity index (χ4v) is 2.49. The van der Waals surface area contributed by atoms with Crippen LogP contribution in [0.4, 0.5) is 0 Å². The second-order valence-corrected chi connectivity index (χ2v) is 4.72. The number of hydrogen-bond donors (Lipinski definition) is 1. The number of aromatic nitrogens is 3. The predicted octanol–water partition coefficient (Wildman–Crippen LogP) is 1.67. The van der Waals surface area contributed by atoms with E-state index < -0.39 is 0 Å². The fraction of sp³-hybridized carbons (Fsp3) is 0.429. The van der Waals surface area contributed by atoms with Crippen LogP contribution in [0.1, 0.15) is 35.9 Å². The molecule has 2 aromatic rings. The van der Waals surface area contributed by atoms with Crippen molar-refractivity contribution in [2.75, 3.05) is 6.61 Å². The van der Waals surface area contributed by atoms with Crippen molar-refractivity contribution in [2.24, 2.45) is 0 Å². The summed E-state index contributed by atoms with van der Waals surface area (Å²) >= 11 is 0. The third-order valence-corrected chi connectivity index (χ3v) is 3.41. The van der Waals surface area contributed by atoms with Crippen LogP contribution in [0.5, 0.6) is 0 Å². The van der Waals surface area contributed by atoms with E-state index in [2.05, 4.69) is 22.4 Å². The van der Waals surface area contributed by atoms with E-state index in [9.17, 15) is 5.11 Å². The van der Waals surface area contributed by atoms with E-state index in [0.29, 0.717) is 12.2 Å². The highest BCUT2D eigenvalue weighted by Gasteiger charge is 2.26. The SMILES string of the molecule is OCc1nnn(Cc2ccccc2)c1C1CCCO1. The Morgan fingerprint density at radius 3 is 2.84 bits per heavy atom. The van der Waals surface area contributed by atoms with Gasteiger partial charge in [-0.1, -0.05) is 35.5 Å². The van der Waals surface area contributed by atoms with Gasteiger partial charge in [-0.15, -0.1) is 5.10 Å². The monoisotopic (exact) mass is 259 g/mol. The van der Waals surface area contributed by atoms with Crippen molar-refractivity contribution in [3.05, 3.63) is 47.3 Å². The normalized spacial score (nSPS) is 18.9. The molecule has 0 spiro atoms. The van der Waals surface area contributed by atoms with E-state index >= 15 is 0 Å². The minimum atomic E-state index is -0.0933. The smallest absolute Gasteiger partial charge is 0.114 e. The number of aliphatic hydroxyl groups is 1. The van der Waals surface area contributed by atoms with E-state index in [1.807, 2.05) is 22.9 Å². The molecule has 1 N–H and O–H groups in total. The molecule has 1 saturated heterocycles. The maximum Gasteiger partial charge on any atom is 0.114 e. The Labute approximate surface area is 111 Å². The van der Waals surface area contributed by atoms with Crippen molar-refractivity contribution in [1.29, 1.82) is 0 Å². The molecule has 1 aromatic carbocycles. The molecule has 0 saturated carbocycles. The minimum Gasteiger partial charge on any atom is -0.390 e. The van der Waals surface area contributed by atoms with E-state index in [4.69, 9.17) is 4.74 Å². The van der Waals surface area contributed by atoms with Crippen molar-refractivity contribution in [1.82, 2.24) is 15.0 Å². The zero-order valence-electron chi connectivity index (χ0n) is 10.7. The van der Waals surface area contributed by atoms with Crippen LogP contribution in [0.2, 0.25) is 0 Å². The number of aliphatic hydroxyl groups excluding tert-OH is 1. The Kier molecular flexibility index (Phi) is 3.57. The summed E-state index contributed by atoms with van der Waals surface area (Å²) in [4.78, 5) is 0. The van der Waals surface area contributed by atoms with Crippen molar-refractivity contribution in [3.63, 3.8) is 0 Å². The van der Waals surface area contributed by atoms with Gasteiger partial charge in [-0.2, -0.15) is 0 Å². The molecular formula is C14H17N3O2. The third kappa shape index (κ3) is 2.52. The minimum absolute atomic E-state index is 0.0147. The highest BCUT2D eigenvalue weighted by Crippen LogP contribution is 2.30. The van der Waals surface area contributed by atoms with Gasteiger partial charge >= 0.3 is 0 Å². The fourth-order valence-electron chi connectivity index (χ4n) is 2.49. The largest absolute Gasteiger partial charge is 0.390 e. The van der Waals surface area contributed by atoms with Crippen LogP contribution in [0, 0.1) is 0 Å². The van der Waals surface area contributed by atoms with Crippen molar-refractivity contribution >= 4 is 0 Å². The second-order valence-electron chi connectivity index (χ2n) is 4.72. The van der Waals surface area contributed by atoms with Gasteiger partial charge in [0.2, 0.25) is 0 Å². The second kappa shape index (κ2) is 5.50. The molecule has 19 heavy (non-hydrogen) atoms. The summed E-state index contributed by atoms with van der Waals surface area (Å²) < 4.78 is 7.55. The van der Waals surface area contributed by atoms with Gasteiger partial charge in [-0.3, -0.25) is 0 Å². The van der Waals surface area contributed by atoms with E-state index in [0.717, 1.165) is 30.7 Å². The molecule has 100 valence electrons. The summed E-state index contributed by atoms with van der Waals surface area (Å²) in [6.07, 6.45) is 2.03. The molecule has 3 rings (SSSR count). The number of hydrogen-bond acceptors (Lipinski definition) is 4. The van der Waals surface area contributed by atoms with E-state index in [1.54, 1.807) is 0 Å². The summed E-state index contributed by atoms with van der Waals surface area (Å²) in [6.45, 7) is 1.33. The molecule has 1 fully saturated rings. The Hall–Kier alpha value is -1.72. The number of nitrogens with zero attached hydrogens (tertiary/aromatic N) is 3. The molecule has 0 bridgehead atoms. The van der Waals surface area contributed by atoms with Gasteiger partial charge < -0.3 is 9.84 Å². The number of benzene rings is 1. The summed E-state index contributed by atoms with van der Waals surface area (Å²) in [6, 6.07) is 10.1. The summed E-state index contributed by atoms with van der Waals surface area (Å²) in [7, 11) is 0. The average molecular weight is 259 g/mol. The molecule has 1 aliphatic rings. The van der Waals surface area contributed by atoms with Gasteiger partial charge in [0.1, 0.15) is 11.8 Å². The molecule has 0 amide bonds. The average Bonchev–Trinajstić information content (AvgIpc) is 3.08. The molecule has 2 heterocycles. The summed E-state index contributed by atoms with van der Waals surface area (Å²) in [5.41, 5.74) is 2.71. The first-order valence-electron chi connectivity index (χ1n) is 6.57. The van der Waals surface area contributed by atoms with Gasteiger partial charge in [-0.05, 0) is 18.4 Å². The molecule has 1 unspecified atom stereocenters. The highest BCUT2D eigenvalue weighted by atomic mass is 16.5. The molecule has 1 atom stereocenters. The van der Waals surface area contributed by atoms with Gasteiger partial charge in [0.15, 0.2) is 0 Å². The maximum atomic E-state index is 9.39. The number of ether oxygens (including phenoxy) is 1. The zero-order valence-corrected chi connectivity index (χ0v) is 10.7. The molecule has 5 heteroatoms. The Bertz CT molecular complexity index is 533. The molecule has 1 aromatic heterocycles. The predicted molar refractivity (Wildman–Crippen MR) is 69.4 cm³/mol. The molecular weight excluding hydrogens is 242 g/mol. The molecule has 5 nitrogen and oxygen atoms in total. The Balaban J connectivity index is 1.90. The highest BCUT2D eigenvalue weighted by molar-refractivity contribution is 5.19. The maximum absolute atomic E-state index is 9.39. The van der Waals surface area contributed by atoms with Crippen LogP contribution in [-0.4, -0.2) is 26.7 Å². The van der Waals surface area contributed by atoms with E-state index in [1.165, 1.54) is 0 Å². The van der Waals surface area contributed by atoms with Gasteiger partial charge in [0.05, 0.1) is 18.8 Å². The van der Waals surface area contributed by atoms with Crippen LogP contribution in [0.25, 0.3) is 0 Å². The van der Waals surface area contributed by atoms with Crippen molar-refractivity contribution in [2.45, 2.75) is 32.1 Å². The lowest BCUT2D eigenvalue weighted by molar-refractivity contribution is 0.102. The van der Waals surface area contributed by atoms with Crippen LogP contribution in [0.3, 0.4) is 0 Å². The lowest BCUT2D eigenvalue weighted by Crippen LogP contribution is -2.11. The summed E-state index contributed by atoms with van der Waals surface area (Å²) in [5, 5.41) is 17.6. The van der Waals surface area contributed by atoms with Crippen LogP contribution in [-0.2, 0) is 17.9 Å². The van der Waals surface area contributed by atoms with Crippen molar-refractivity contribution < 1.29 is 9.84 Å². The Morgan fingerprint density at radius 1 is 1.32 bits per heavy atom. The lowest BCUT2D eigenvalue weighted by Gasteiger charge is -2.13. The van der Waals surface area contributed by atoms with Gasteiger partial charge in [-0.25, -0.2) is 4.68 Å². The van der Waals surface area contributed by atoms with Gasteiger partial charge in [0.25, 0.3) is 0 Å². The van der Waals surface area contributed by atoms with Gasteiger partial charge in [0, 0.05) is 6.61 Å².